The third-order valence-electron chi connectivity index (χ3n) is 4.38. The van der Waals surface area contributed by atoms with Crippen molar-refractivity contribution >= 4 is 39.5 Å². The van der Waals surface area contributed by atoms with E-state index in [-0.39, 0.29) is 5.56 Å². The average molecular weight is 424 g/mol. The van der Waals surface area contributed by atoms with E-state index in [1.165, 1.54) is 6.08 Å². The molecule has 0 fully saturated rings. The van der Waals surface area contributed by atoms with Crippen molar-refractivity contribution in [3.05, 3.63) is 84.5 Å². The van der Waals surface area contributed by atoms with Crippen LogP contribution in [0.1, 0.15) is 16.7 Å². The second-order valence-corrected chi connectivity index (χ2v) is 7.05. The first kappa shape index (κ1) is 17.2. The Hall–Kier alpha value is -3.19. The first-order valence-electron chi connectivity index (χ1n) is 8.15. The van der Waals surface area contributed by atoms with Gasteiger partial charge in [0.25, 0.3) is 5.56 Å². The maximum atomic E-state index is 12.4. The minimum Gasteiger partial charge on any atom is -0.494 e. The first-order chi connectivity index (χ1) is 13.0. The molecular weight excluding hydrogens is 410 g/mol. The van der Waals surface area contributed by atoms with Gasteiger partial charge in [0, 0.05) is 21.8 Å². The van der Waals surface area contributed by atoms with Crippen molar-refractivity contribution in [3.63, 3.8) is 0 Å². The predicted molar refractivity (Wildman–Crippen MR) is 109 cm³/mol. The fourth-order valence-electron chi connectivity index (χ4n) is 3.07. The van der Waals surface area contributed by atoms with Crippen molar-refractivity contribution in [2.45, 2.75) is 6.92 Å². The van der Waals surface area contributed by atoms with Crippen LogP contribution in [0, 0.1) is 6.92 Å². The molecule has 1 aromatic heterocycles. The Bertz CT molecular complexity index is 1250. The van der Waals surface area contributed by atoms with Gasteiger partial charge in [-0.3, -0.25) is 14.8 Å². The van der Waals surface area contributed by atoms with Crippen molar-refractivity contribution in [2.24, 2.45) is 4.99 Å². The molecule has 0 bridgehead atoms. The lowest BCUT2D eigenvalue weighted by Gasteiger charge is -2.13. The number of aliphatic imine (C=N–C) groups is 1. The molecule has 0 atom stereocenters. The third kappa shape index (κ3) is 2.96. The number of fused-ring (bicyclic) bond motifs is 1. The SMILES string of the molecule is Cc1cc(Br)ccc1-n1c(O)c(C=C2C=Nc3ccccc32)c(=O)[nH]c1=O. The number of aromatic amines is 1. The van der Waals surface area contributed by atoms with Crippen LogP contribution in [0.4, 0.5) is 5.69 Å². The summed E-state index contributed by atoms with van der Waals surface area (Å²) in [5.41, 5.74) is 2.21. The Balaban J connectivity index is 1.94. The predicted octanol–water partition coefficient (Wildman–Crippen LogP) is 3.56. The molecular formula is C20H14BrN3O3. The topological polar surface area (TPSA) is 87.4 Å². The van der Waals surface area contributed by atoms with Crippen LogP contribution in [-0.4, -0.2) is 20.9 Å². The molecule has 1 aliphatic rings. The second-order valence-electron chi connectivity index (χ2n) is 6.14. The van der Waals surface area contributed by atoms with Crippen LogP contribution in [0.3, 0.4) is 0 Å². The maximum absolute atomic E-state index is 12.4. The van der Waals surface area contributed by atoms with E-state index in [1.54, 1.807) is 18.3 Å². The van der Waals surface area contributed by atoms with Crippen molar-refractivity contribution in [3.8, 4) is 11.6 Å². The third-order valence-corrected chi connectivity index (χ3v) is 4.87. The number of nitrogens with zero attached hydrogens (tertiary/aromatic N) is 2. The van der Waals surface area contributed by atoms with Gasteiger partial charge in [-0.05, 0) is 42.8 Å². The number of benzene rings is 2. The number of para-hydroxylation sites is 1. The van der Waals surface area contributed by atoms with Crippen LogP contribution < -0.4 is 11.2 Å². The van der Waals surface area contributed by atoms with Crippen molar-refractivity contribution in [2.75, 3.05) is 0 Å². The van der Waals surface area contributed by atoms with Crippen LogP contribution in [0.5, 0.6) is 5.88 Å². The van der Waals surface area contributed by atoms with Gasteiger partial charge in [-0.1, -0.05) is 34.1 Å². The van der Waals surface area contributed by atoms with Gasteiger partial charge in [0.05, 0.1) is 11.4 Å². The smallest absolute Gasteiger partial charge is 0.335 e. The molecule has 1 aliphatic heterocycles. The number of allylic oxidation sites excluding steroid dienone is 1. The zero-order valence-electron chi connectivity index (χ0n) is 14.2. The summed E-state index contributed by atoms with van der Waals surface area (Å²) in [5, 5.41) is 10.7. The van der Waals surface area contributed by atoms with Crippen LogP contribution in [0.25, 0.3) is 17.3 Å². The van der Waals surface area contributed by atoms with Gasteiger partial charge in [-0.25, -0.2) is 9.36 Å². The number of rotatable bonds is 2. The molecule has 3 aromatic rings. The van der Waals surface area contributed by atoms with Gasteiger partial charge in [0.2, 0.25) is 5.88 Å². The lowest BCUT2D eigenvalue weighted by molar-refractivity contribution is 0.429. The lowest BCUT2D eigenvalue weighted by atomic mass is 10.1. The van der Waals surface area contributed by atoms with Crippen molar-refractivity contribution < 1.29 is 5.11 Å². The molecule has 4 rings (SSSR count). The van der Waals surface area contributed by atoms with E-state index in [0.717, 1.165) is 25.9 Å². The van der Waals surface area contributed by atoms with Gasteiger partial charge in [-0.2, -0.15) is 0 Å². The van der Waals surface area contributed by atoms with Gasteiger partial charge in [0.15, 0.2) is 0 Å². The number of aromatic nitrogens is 2. The summed E-state index contributed by atoms with van der Waals surface area (Å²) in [7, 11) is 0. The molecule has 0 amide bonds. The first-order valence-corrected chi connectivity index (χ1v) is 8.95. The van der Waals surface area contributed by atoms with Crippen molar-refractivity contribution in [1.29, 1.82) is 0 Å². The molecule has 0 saturated carbocycles. The molecule has 0 spiro atoms. The zero-order valence-corrected chi connectivity index (χ0v) is 15.8. The van der Waals surface area contributed by atoms with Gasteiger partial charge < -0.3 is 5.11 Å². The summed E-state index contributed by atoms with van der Waals surface area (Å²) in [6, 6.07) is 12.8. The lowest BCUT2D eigenvalue weighted by Crippen LogP contribution is -2.30. The highest BCUT2D eigenvalue weighted by atomic mass is 79.9. The summed E-state index contributed by atoms with van der Waals surface area (Å²) in [6.07, 6.45) is 3.16. The van der Waals surface area contributed by atoms with Crippen LogP contribution in [0.15, 0.2) is 61.5 Å². The minimum atomic E-state index is -0.703. The molecule has 0 aliphatic carbocycles. The maximum Gasteiger partial charge on any atom is 0.335 e. The normalized spacial score (nSPS) is 13.9. The van der Waals surface area contributed by atoms with Crippen LogP contribution in [0.2, 0.25) is 0 Å². The zero-order chi connectivity index (χ0) is 19.1. The Labute approximate surface area is 162 Å². The quantitative estimate of drug-likeness (QED) is 0.660. The number of nitrogens with one attached hydrogen (secondary N) is 1. The van der Waals surface area contributed by atoms with Gasteiger partial charge in [0.1, 0.15) is 5.56 Å². The summed E-state index contributed by atoms with van der Waals surface area (Å²) in [6.45, 7) is 1.81. The van der Waals surface area contributed by atoms with E-state index in [1.807, 2.05) is 37.3 Å². The Morgan fingerprint density at radius 1 is 1.19 bits per heavy atom. The highest BCUT2D eigenvalue weighted by molar-refractivity contribution is 9.10. The second kappa shape index (κ2) is 6.51. The van der Waals surface area contributed by atoms with Gasteiger partial charge in [-0.15, -0.1) is 0 Å². The molecule has 2 aromatic carbocycles. The standard InChI is InChI=1S/C20H14BrN3O3/c1-11-8-13(21)6-7-17(11)24-19(26)15(18(25)23-20(24)27)9-12-10-22-16-5-3-2-4-14(12)16/h2-10,26H,1H3,(H,23,25,27). The minimum absolute atomic E-state index is 0.00456. The number of aromatic hydroxyl groups is 1. The molecule has 134 valence electrons. The van der Waals surface area contributed by atoms with Gasteiger partial charge >= 0.3 is 5.69 Å². The number of halogens is 1. The van der Waals surface area contributed by atoms with Crippen LogP contribution in [-0.2, 0) is 0 Å². The Morgan fingerprint density at radius 3 is 2.74 bits per heavy atom. The summed E-state index contributed by atoms with van der Waals surface area (Å²) in [4.78, 5) is 31.3. The molecule has 2 N–H and O–H groups in total. The Morgan fingerprint density at radius 2 is 1.96 bits per heavy atom. The number of aryl methyl sites for hydroxylation is 1. The number of hydrogen-bond acceptors (Lipinski definition) is 4. The highest BCUT2D eigenvalue weighted by Gasteiger charge is 2.18. The number of H-pyrrole nitrogens is 1. The highest BCUT2D eigenvalue weighted by Crippen LogP contribution is 2.33. The largest absolute Gasteiger partial charge is 0.494 e. The molecule has 6 nitrogen and oxygen atoms in total. The van der Waals surface area contributed by atoms with E-state index in [4.69, 9.17) is 0 Å². The molecule has 0 unspecified atom stereocenters. The molecule has 2 heterocycles. The fourth-order valence-corrected chi connectivity index (χ4v) is 3.55. The van der Waals surface area contributed by atoms with E-state index in [9.17, 15) is 14.7 Å². The van der Waals surface area contributed by atoms with Crippen molar-refractivity contribution in [1.82, 2.24) is 9.55 Å². The summed E-state index contributed by atoms with van der Waals surface area (Å²) < 4.78 is 1.94. The summed E-state index contributed by atoms with van der Waals surface area (Å²) >= 11 is 3.37. The van der Waals surface area contributed by atoms with Crippen LogP contribution >= 0.6 is 15.9 Å². The van der Waals surface area contributed by atoms with E-state index >= 15 is 0 Å². The molecule has 27 heavy (non-hydrogen) atoms. The molecule has 0 radical (unpaired) electrons. The fraction of sp³-hybridized carbons (Fsp3) is 0.0500. The van der Waals surface area contributed by atoms with E-state index in [0.29, 0.717) is 11.3 Å². The monoisotopic (exact) mass is 423 g/mol. The number of hydrogen-bond donors (Lipinski definition) is 2. The average Bonchev–Trinajstić information content (AvgIpc) is 3.03. The van der Waals surface area contributed by atoms with E-state index in [2.05, 4.69) is 25.9 Å². The molecule has 0 saturated heterocycles. The Kier molecular flexibility index (Phi) is 4.16. The van der Waals surface area contributed by atoms with E-state index < -0.39 is 17.1 Å². The molecule has 7 heteroatoms. The summed E-state index contributed by atoms with van der Waals surface area (Å²) in [5.74, 6) is -0.417.